The molecule has 0 aromatic carbocycles. The van der Waals surface area contributed by atoms with Gasteiger partial charge in [-0.05, 0) is 12.8 Å². The van der Waals surface area contributed by atoms with Crippen molar-refractivity contribution in [3.63, 3.8) is 0 Å². The van der Waals surface area contributed by atoms with Gasteiger partial charge in [-0.3, -0.25) is 4.79 Å². The van der Waals surface area contributed by atoms with Crippen LogP contribution in [0.4, 0.5) is 0 Å². The summed E-state index contributed by atoms with van der Waals surface area (Å²) < 4.78 is 0. The van der Waals surface area contributed by atoms with E-state index in [0.29, 0.717) is 0 Å². The van der Waals surface area contributed by atoms with Crippen molar-refractivity contribution < 1.29 is 14.7 Å². The van der Waals surface area contributed by atoms with Gasteiger partial charge in [0.25, 0.3) is 5.91 Å². The maximum absolute atomic E-state index is 12.0. The zero-order chi connectivity index (χ0) is 13.0. The first-order valence-corrected chi connectivity index (χ1v) is 6.35. The molecule has 0 saturated heterocycles. The van der Waals surface area contributed by atoms with E-state index in [4.69, 9.17) is 5.11 Å². The number of carbonyl (C=O) groups excluding carboxylic acids is 1. The summed E-state index contributed by atoms with van der Waals surface area (Å²) in [4.78, 5) is 28.1. The van der Waals surface area contributed by atoms with Crippen molar-refractivity contribution in [3.05, 3.63) is 16.1 Å². The molecule has 0 saturated carbocycles. The lowest BCUT2D eigenvalue weighted by atomic mass is 10.1. The number of carboxylic acid groups (broad SMARTS) is 1. The lowest BCUT2D eigenvalue weighted by Crippen LogP contribution is -2.36. The van der Waals surface area contributed by atoms with E-state index >= 15 is 0 Å². The van der Waals surface area contributed by atoms with E-state index in [-0.39, 0.29) is 22.7 Å². The highest BCUT2D eigenvalue weighted by atomic mass is 32.1. The average molecular weight is 256 g/mol. The van der Waals surface area contributed by atoms with E-state index in [9.17, 15) is 9.59 Å². The fraction of sp³-hybridized carbons (Fsp3) is 0.545. The standard InChI is InChI=1S/C11H16N2O3S/c1-4-7(5-2)13(3)10(14)9-12-8(6-17-9)11(15)16/h6-7H,4-5H2,1-3H3,(H,15,16). The van der Waals surface area contributed by atoms with Gasteiger partial charge in [0.1, 0.15) is 0 Å². The topological polar surface area (TPSA) is 70.5 Å². The van der Waals surface area contributed by atoms with Gasteiger partial charge < -0.3 is 10.0 Å². The van der Waals surface area contributed by atoms with E-state index in [2.05, 4.69) is 4.98 Å². The number of carbonyl (C=O) groups is 2. The second-order valence-corrected chi connectivity index (χ2v) is 4.59. The Balaban J connectivity index is 2.84. The molecule has 1 aromatic heterocycles. The smallest absolute Gasteiger partial charge is 0.355 e. The van der Waals surface area contributed by atoms with Crippen molar-refractivity contribution in [2.24, 2.45) is 0 Å². The number of aromatic carboxylic acids is 1. The number of aromatic nitrogens is 1. The number of hydrogen-bond donors (Lipinski definition) is 1. The molecule has 0 aliphatic heterocycles. The molecular formula is C11H16N2O3S. The van der Waals surface area contributed by atoms with Crippen LogP contribution < -0.4 is 0 Å². The third kappa shape index (κ3) is 3.03. The Morgan fingerprint density at radius 2 is 2.06 bits per heavy atom. The predicted molar refractivity (Wildman–Crippen MR) is 65.5 cm³/mol. The summed E-state index contributed by atoms with van der Waals surface area (Å²) in [7, 11) is 1.72. The Morgan fingerprint density at radius 3 is 2.47 bits per heavy atom. The summed E-state index contributed by atoms with van der Waals surface area (Å²) >= 11 is 1.07. The van der Waals surface area contributed by atoms with E-state index in [1.165, 1.54) is 5.38 Å². The molecule has 0 fully saturated rings. The summed E-state index contributed by atoms with van der Waals surface area (Å²) in [5, 5.41) is 10.4. The number of carboxylic acids is 1. The largest absolute Gasteiger partial charge is 0.476 e. The molecule has 1 amide bonds. The summed E-state index contributed by atoms with van der Waals surface area (Å²) in [6, 6.07) is 0.166. The molecule has 0 unspecified atom stereocenters. The molecule has 5 nitrogen and oxygen atoms in total. The van der Waals surface area contributed by atoms with E-state index in [0.717, 1.165) is 24.2 Å². The van der Waals surface area contributed by atoms with Gasteiger partial charge in [-0.2, -0.15) is 0 Å². The molecule has 0 bridgehead atoms. The highest BCUT2D eigenvalue weighted by Gasteiger charge is 2.22. The molecule has 1 heterocycles. The van der Waals surface area contributed by atoms with Crippen molar-refractivity contribution in [3.8, 4) is 0 Å². The minimum absolute atomic E-state index is 0.0729. The molecule has 0 radical (unpaired) electrons. The van der Waals surface area contributed by atoms with Crippen LogP contribution in [0.15, 0.2) is 5.38 Å². The Bertz CT molecular complexity index is 413. The molecule has 1 aromatic rings. The van der Waals surface area contributed by atoms with Gasteiger partial charge in [-0.15, -0.1) is 11.3 Å². The van der Waals surface area contributed by atoms with Crippen molar-refractivity contribution in [2.45, 2.75) is 32.7 Å². The first-order chi connectivity index (χ1) is 8.01. The molecule has 0 atom stereocenters. The Kier molecular flexibility index (Phi) is 4.62. The Morgan fingerprint density at radius 1 is 1.47 bits per heavy atom. The molecule has 94 valence electrons. The van der Waals surface area contributed by atoms with Crippen LogP contribution in [0.5, 0.6) is 0 Å². The molecule has 0 aliphatic rings. The molecule has 0 spiro atoms. The van der Waals surface area contributed by atoms with Crippen LogP contribution in [0.3, 0.4) is 0 Å². The number of nitrogens with zero attached hydrogens (tertiary/aromatic N) is 2. The minimum Gasteiger partial charge on any atom is -0.476 e. The van der Waals surface area contributed by atoms with Gasteiger partial charge in [-0.25, -0.2) is 9.78 Å². The summed E-state index contributed by atoms with van der Waals surface area (Å²) in [6.45, 7) is 4.03. The Hall–Kier alpha value is -1.43. The normalized spacial score (nSPS) is 10.6. The summed E-state index contributed by atoms with van der Waals surface area (Å²) in [5.41, 5.74) is -0.0729. The highest BCUT2D eigenvalue weighted by Crippen LogP contribution is 2.15. The SMILES string of the molecule is CCC(CC)N(C)C(=O)c1nc(C(=O)O)cs1. The molecule has 1 rings (SSSR count). The van der Waals surface area contributed by atoms with Crippen molar-refractivity contribution in [1.82, 2.24) is 9.88 Å². The zero-order valence-electron chi connectivity index (χ0n) is 10.1. The number of hydrogen-bond acceptors (Lipinski definition) is 4. The maximum Gasteiger partial charge on any atom is 0.355 e. The monoisotopic (exact) mass is 256 g/mol. The lowest BCUT2D eigenvalue weighted by Gasteiger charge is -2.25. The average Bonchev–Trinajstić information content (AvgIpc) is 2.78. The third-order valence-electron chi connectivity index (χ3n) is 2.72. The highest BCUT2D eigenvalue weighted by molar-refractivity contribution is 7.11. The van der Waals surface area contributed by atoms with Gasteiger partial charge in [0.2, 0.25) is 0 Å². The Labute approximate surface area is 104 Å². The summed E-state index contributed by atoms with van der Waals surface area (Å²) in [6.07, 6.45) is 1.74. The van der Waals surface area contributed by atoms with Crippen LogP contribution in [0.25, 0.3) is 0 Å². The van der Waals surface area contributed by atoms with Gasteiger partial charge in [0.15, 0.2) is 10.7 Å². The van der Waals surface area contributed by atoms with E-state index < -0.39 is 5.97 Å². The predicted octanol–water partition coefficient (Wildman–Crippen LogP) is 2.10. The second-order valence-electron chi connectivity index (χ2n) is 3.73. The summed E-state index contributed by atoms with van der Waals surface area (Å²) in [5.74, 6) is -1.32. The second kappa shape index (κ2) is 5.77. The molecule has 6 heteroatoms. The van der Waals surface area contributed by atoms with Crippen LogP contribution >= 0.6 is 11.3 Å². The minimum atomic E-state index is -1.11. The van der Waals surface area contributed by atoms with Crippen LogP contribution in [-0.4, -0.2) is 40.0 Å². The quantitative estimate of drug-likeness (QED) is 0.875. The van der Waals surface area contributed by atoms with Gasteiger partial charge in [0, 0.05) is 18.5 Å². The van der Waals surface area contributed by atoms with Gasteiger partial charge in [0.05, 0.1) is 0 Å². The van der Waals surface area contributed by atoms with Crippen LogP contribution in [0, 0.1) is 0 Å². The van der Waals surface area contributed by atoms with Crippen LogP contribution in [0.2, 0.25) is 0 Å². The van der Waals surface area contributed by atoms with Crippen LogP contribution in [0.1, 0.15) is 47.0 Å². The molecule has 17 heavy (non-hydrogen) atoms. The van der Waals surface area contributed by atoms with Gasteiger partial charge >= 0.3 is 5.97 Å². The first-order valence-electron chi connectivity index (χ1n) is 5.47. The molecular weight excluding hydrogens is 240 g/mol. The number of rotatable bonds is 5. The third-order valence-corrected chi connectivity index (χ3v) is 3.55. The number of thiazole rings is 1. The van der Waals surface area contributed by atoms with E-state index in [1.807, 2.05) is 13.8 Å². The fourth-order valence-corrected chi connectivity index (χ4v) is 2.40. The molecule has 0 aliphatic carbocycles. The van der Waals surface area contributed by atoms with Crippen molar-refractivity contribution >= 4 is 23.2 Å². The van der Waals surface area contributed by atoms with Crippen LogP contribution in [-0.2, 0) is 0 Å². The van der Waals surface area contributed by atoms with E-state index in [1.54, 1.807) is 11.9 Å². The number of amides is 1. The maximum atomic E-state index is 12.0. The lowest BCUT2D eigenvalue weighted by molar-refractivity contribution is 0.0691. The zero-order valence-corrected chi connectivity index (χ0v) is 11.0. The van der Waals surface area contributed by atoms with Crippen molar-refractivity contribution in [2.75, 3.05) is 7.05 Å². The molecule has 1 N–H and O–H groups in total. The van der Waals surface area contributed by atoms with Crippen molar-refractivity contribution in [1.29, 1.82) is 0 Å². The van der Waals surface area contributed by atoms with Gasteiger partial charge in [-0.1, -0.05) is 13.8 Å². The first kappa shape index (κ1) is 13.6. The fourth-order valence-electron chi connectivity index (χ4n) is 1.62.